The second-order valence-corrected chi connectivity index (χ2v) is 5.50. The van der Waals surface area contributed by atoms with E-state index in [0.29, 0.717) is 17.1 Å². The SMILES string of the molecule is CCC1(C)NC(=O)N(CC(=O)Nc2ccc(Cl)cc2)C1=O. The van der Waals surface area contributed by atoms with Crippen LogP contribution in [0, 0.1) is 0 Å². The summed E-state index contributed by atoms with van der Waals surface area (Å²) in [7, 11) is 0. The highest BCUT2D eigenvalue weighted by Gasteiger charge is 2.46. The van der Waals surface area contributed by atoms with E-state index >= 15 is 0 Å². The molecule has 0 bridgehead atoms. The molecule has 0 saturated carbocycles. The zero-order valence-electron chi connectivity index (χ0n) is 11.8. The van der Waals surface area contributed by atoms with E-state index in [2.05, 4.69) is 10.6 Å². The van der Waals surface area contributed by atoms with Crippen molar-refractivity contribution in [2.24, 2.45) is 0 Å². The molecule has 0 aliphatic carbocycles. The lowest BCUT2D eigenvalue weighted by Gasteiger charge is -2.19. The van der Waals surface area contributed by atoms with Gasteiger partial charge in [0.1, 0.15) is 12.1 Å². The molecule has 1 unspecified atom stereocenters. The number of imide groups is 1. The van der Waals surface area contributed by atoms with Gasteiger partial charge in [0.2, 0.25) is 5.91 Å². The number of benzene rings is 1. The first-order chi connectivity index (χ1) is 9.85. The molecule has 0 radical (unpaired) electrons. The van der Waals surface area contributed by atoms with Crippen LogP contribution in [0.4, 0.5) is 10.5 Å². The van der Waals surface area contributed by atoms with E-state index in [4.69, 9.17) is 11.6 Å². The van der Waals surface area contributed by atoms with Crippen molar-refractivity contribution >= 4 is 35.1 Å². The topological polar surface area (TPSA) is 78.5 Å². The number of nitrogens with one attached hydrogen (secondary N) is 2. The monoisotopic (exact) mass is 309 g/mol. The van der Waals surface area contributed by atoms with Gasteiger partial charge in [0.15, 0.2) is 0 Å². The maximum atomic E-state index is 12.1. The number of rotatable bonds is 4. The van der Waals surface area contributed by atoms with Gasteiger partial charge in [-0.15, -0.1) is 0 Å². The number of hydrogen-bond acceptors (Lipinski definition) is 3. The normalized spacial score (nSPS) is 21.4. The van der Waals surface area contributed by atoms with Crippen molar-refractivity contribution < 1.29 is 14.4 Å². The van der Waals surface area contributed by atoms with E-state index in [1.54, 1.807) is 38.1 Å². The van der Waals surface area contributed by atoms with Gasteiger partial charge < -0.3 is 10.6 Å². The summed E-state index contributed by atoms with van der Waals surface area (Å²) in [5.41, 5.74) is -0.382. The Balaban J connectivity index is 2.01. The number of amides is 4. The van der Waals surface area contributed by atoms with Gasteiger partial charge in [-0.05, 0) is 37.6 Å². The number of anilines is 1. The first-order valence-corrected chi connectivity index (χ1v) is 6.93. The lowest BCUT2D eigenvalue weighted by molar-refractivity contribution is -0.133. The first-order valence-electron chi connectivity index (χ1n) is 6.55. The van der Waals surface area contributed by atoms with E-state index in [-0.39, 0.29) is 12.5 Å². The first kappa shape index (κ1) is 15.3. The Bertz CT molecular complexity index is 588. The molecule has 4 amide bonds. The molecule has 2 rings (SSSR count). The number of nitrogens with zero attached hydrogens (tertiary/aromatic N) is 1. The van der Waals surface area contributed by atoms with Crippen LogP contribution < -0.4 is 10.6 Å². The maximum absolute atomic E-state index is 12.1. The smallest absolute Gasteiger partial charge is 0.325 e. The molecule has 1 aromatic carbocycles. The van der Waals surface area contributed by atoms with Crippen LogP contribution in [0.25, 0.3) is 0 Å². The highest BCUT2D eigenvalue weighted by molar-refractivity contribution is 6.30. The number of urea groups is 1. The predicted molar refractivity (Wildman–Crippen MR) is 79.0 cm³/mol. The standard InChI is InChI=1S/C14H16ClN3O3/c1-3-14(2)12(20)18(13(21)17-14)8-11(19)16-10-6-4-9(15)5-7-10/h4-7H,3,8H2,1-2H3,(H,16,19)(H,17,21). The number of carbonyl (C=O) groups excluding carboxylic acids is 3. The molecule has 1 fully saturated rings. The summed E-state index contributed by atoms with van der Waals surface area (Å²) in [6, 6.07) is 6.01. The molecule has 2 N–H and O–H groups in total. The van der Waals surface area contributed by atoms with Gasteiger partial charge in [-0.25, -0.2) is 4.79 Å². The van der Waals surface area contributed by atoms with Gasteiger partial charge in [-0.1, -0.05) is 18.5 Å². The van der Waals surface area contributed by atoms with Gasteiger partial charge in [0, 0.05) is 10.7 Å². The number of halogens is 1. The summed E-state index contributed by atoms with van der Waals surface area (Å²) in [6.45, 7) is 3.13. The third-order valence-corrected chi connectivity index (χ3v) is 3.73. The largest absolute Gasteiger partial charge is 0.325 e. The summed E-state index contributed by atoms with van der Waals surface area (Å²) in [5, 5.41) is 5.76. The molecule has 0 spiro atoms. The zero-order chi connectivity index (χ0) is 15.6. The molecule has 7 heteroatoms. The Morgan fingerprint density at radius 1 is 1.33 bits per heavy atom. The minimum absolute atomic E-state index is 0.317. The van der Waals surface area contributed by atoms with Crippen molar-refractivity contribution in [3.63, 3.8) is 0 Å². The Labute approximate surface area is 127 Å². The quantitative estimate of drug-likeness (QED) is 0.835. The Kier molecular flexibility index (Phi) is 4.18. The van der Waals surface area contributed by atoms with E-state index in [9.17, 15) is 14.4 Å². The van der Waals surface area contributed by atoms with Gasteiger partial charge in [-0.2, -0.15) is 0 Å². The van der Waals surface area contributed by atoms with Crippen molar-refractivity contribution in [3.8, 4) is 0 Å². The van der Waals surface area contributed by atoms with Crippen molar-refractivity contribution in [1.82, 2.24) is 10.2 Å². The number of carbonyl (C=O) groups is 3. The van der Waals surface area contributed by atoms with Crippen LogP contribution in [0.2, 0.25) is 5.02 Å². The predicted octanol–water partition coefficient (Wildman–Crippen LogP) is 2.00. The van der Waals surface area contributed by atoms with Gasteiger partial charge in [-0.3, -0.25) is 14.5 Å². The molecule has 1 atom stereocenters. The molecular weight excluding hydrogens is 294 g/mol. The molecule has 1 saturated heterocycles. The van der Waals surface area contributed by atoms with Gasteiger partial charge in [0.25, 0.3) is 5.91 Å². The maximum Gasteiger partial charge on any atom is 0.325 e. The third-order valence-electron chi connectivity index (χ3n) is 3.48. The van der Waals surface area contributed by atoms with Crippen LogP contribution in [0.1, 0.15) is 20.3 Å². The Morgan fingerprint density at radius 2 is 1.95 bits per heavy atom. The molecular formula is C14H16ClN3O3. The van der Waals surface area contributed by atoms with Crippen LogP contribution in [0.15, 0.2) is 24.3 Å². The molecule has 1 heterocycles. The summed E-state index contributed by atoms with van der Waals surface area (Å²) < 4.78 is 0. The van der Waals surface area contributed by atoms with Crippen LogP contribution in [0.3, 0.4) is 0 Å². The van der Waals surface area contributed by atoms with Crippen molar-refractivity contribution in [3.05, 3.63) is 29.3 Å². The Morgan fingerprint density at radius 3 is 2.48 bits per heavy atom. The van der Waals surface area contributed by atoms with Gasteiger partial charge >= 0.3 is 6.03 Å². The Hall–Kier alpha value is -2.08. The fourth-order valence-electron chi connectivity index (χ4n) is 2.01. The molecule has 6 nitrogen and oxygen atoms in total. The average molecular weight is 310 g/mol. The highest BCUT2D eigenvalue weighted by Crippen LogP contribution is 2.20. The van der Waals surface area contributed by atoms with Crippen molar-refractivity contribution in [2.45, 2.75) is 25.8 Å². The number of hydrogen-bond donors (Lipinski definition) is 2. The summed E-state index contributed by atoms with van der Waals surface area (Å²) >= 11 is 5.75. The molecule has 21 heavy (non-hydrogen) atoms. The lowest BCUT2D eigenvalue weighted by atomic mass is 9.99. The molecule has 1 aliphatic rings. The van der Waals surface area contributed by atoms with E-state index in [1.165, 1.54) is 0 Å². The third kappa shape index (κ3) is 3.16. The molecule has 1 aromatic rings. The second kappa shape index (κ2) is 5.73. The van der Waals surface area contributed by atoms with E-state index in [0.717, 1.165) is 4.90 Å². The lowest BCUT2D eigenvalue weighted by Crippen LogP contribution is -2.44. The average Bonchev–Trinajstić information content (AvgIpc) is 2.66. The van der Waals surface area contributed by atoms with Crippen LogP contribution >= 0.6 is 11.6 Å². The summed E-state index contributed by atoms with van der Waals surface area (Å²) in [4.78, 5) is 36.8. The van der Waals surface area contributed by atoms with Crippen LogP contribution in [-0.2, 0) is 9.59 Å². The fraction of sp³-hybridized carbons (Fsp3) is 0.357. The minimum atomic E-state index is -0.933. The molecule has 0 aromatic heterocycles. The fourth-order valence-corrected chi connectivity index (χ4v) is 2.13. The van der Waals surface area contributed by atoms with Gasteiger partial charge in [0.05, 0.1) is 0 Å². The van der Waals surface area contributed by atoms with E-state index < -0.39 is 17.5 Å². The van der Waals surface area contributed by atoms with Crippen molar-refractivity contribution in [2.75, 3.05) is 11.9 Å². The summed E-state index contributed by atoms with van der Waals surface area (Å²) in [5.74, 6) is -0.831. The minimum Gasteiger partial charge on any atom is -0.325 e. The zero-order valence-corrected chi connectivity index (χ0v) is 12.5. The highest BCUT2D eigenvalue weighted by atomic mass is 35.5. The summed E-state index contributed by atoms with van der Waals surface area (Å²) in [6.07, 6.45) is 0.465. The van der Waals surface area contributed by atoms with Crippen molar-refractivity contribution in [1.29, 1.82) is 0 Å². The second-order valence-electron chi connectivity index (χ2n) is 5.06. The van der Waals surface area contributed by atoms with E-state index in [1.807, 2.05) is 0 Å². The molecule has 1 aliphatic heterocycles. The van der Waals surface area contributed by atoms with Crippen LogP contribution in [0.5, 0.6) is 0 Å². The van der Waals surface area contributed by atoms with Crippen LogP contribution in [-0.4, -0.2) is 34.8 Å². The molecule has 112 valence electrons.